The molecule has 1 heterocycles. The summed E-state index contributed by atoms with van der Waals surface area (Å²) >= 11 is 0. The maximum absolute atomic E-state index is 13.4. The number of nitrogens with zero attached hydrogens (tertiary/aromatic N) is 2. The predicted octanol–water partition coefficient (Wildman–Crippen LogP) is 4.21. The third-order valence-corrected chi connectivity index (χ3v) is 7.29. The second-order valence-corrected chi connectivity index (χ2v) is 10.5. The zero-order valence-electron chi connectivity index (χ0n) is 22.4. The molecule has 0 saturated heterocycles. The highest BCUT2D eigenvalue weighted by Crippen LogP contribution is 2.33. The van der Waals surface area contributed by atoms with E-state index < -0.39 is 11.7 Å². The first-order valence-corrected chi connectivity index (χ1v) is 13.1. The lowest BCUT2D eigenvalue weighted by Crippen LogP contribution is -2.48. The van der Waals surface area contributed by atoms with Gasteiger partial charge < -0.3 is 24.6 Å². The molecule has 1 aliphatic carbocycles. The molecule has 2 aliphatic rings. The molecule has 8 nitrogen and oxygen atoms in total. The van der Waals surface area contributed by atoms with Crippen LogP contribution in [0.2, 0.25) is 0 Å². The van der Waals surface area contributed by atoms with Gasteiger partial charge in [0.25, 0.3) is 11.8 Å². The number of anilines is 1. The largest absolute Gasteiger partial charge is 0.491 e. The van der Waals surface area contributed by atoms with Gasteiger partial charge in [-0.25, -0.2) is 4.39 Å². The third-order valence-electron chi connectivity index (χ3n) is 7.29. The number of amides is 3. The van der Waals surface area contributed by atoms with Crippen LogP contribution >= 0.6 is 0 Å². The van der Waals surface area contributed by atoms with E-state index in [0.29, 0.717) is 48.0 Å². The van der Waals surface area contributed by atoms with Crippen LogP contribution in [0.5, 0.6) is 5.75 Å². The maximum atomic E-state index is 13.4. The fourth-order valence-electron chi connectivity index (χ4n) is 4.69. The van der Waals surface area contributed by atoms with Gasteiger partial charge in [0.15, 0.2) is 0 Å². The van der Waals surface area contributed by atoms with E-state index in [2.05, 4.69) is 5.32 Å². The van der Waals surface area contributed by atoms with E-state index in [1.54, 1.807) is 37.3 Å². The average Bonchev–Trinajstić information content (AvgIpc) is 3.72. The van der Waals surface area contributed by atoms with E-state index >= 15 is 0 Å². The van der Waals surface area contributed by atoms with Crippen molar-refractivity contribution in [3.8, 4) is 5.75 Å². The molecule has 0 bridgehead atoms. The third kappa shape index (κ3) is 6.69. The van der Waals surface area contributed by atoms with Crippen LogP contribution in [-0.4, -0.2) is 73.5 Å². The first-order valence-electron chi connectivity index (χ1n) is 13.1. The summed E-state index contributed by atoms with van der Waals surface area (Å²) < 4.78 is 25.1. The molecule has 1 fully saturated rings. The van der Waals surface area contributed by atoms with Gasteiger partial charge in [-0.2, -0.15) is 0 Å². The van der Waals surface area contributed by atoms with Gasteiger partial charge in [-0.05, 0) is 62.1 Å². The standard InChI is InChI=1S/C29H36FN3O5/c1-18-15-33(27(34)13-20-5-6-20)19(2)17-38-25-14-23(31-28(35)21-7-9-22(30)10-8-21)11-12-24(25)29(36)32(3)16-26(18)37-4/h7-12,14,18-20,26H,5-6,13,15-17H2,1-4H3,(H,31,35)/t18-,19-,26-/m1/s1. The summed E-state index contributed by atoms with van der Waals surface area (Å²) in [7, 11) is 3.33. The molecule has 0 radical (unpaired) electrons. The van der Waals surface area contributed by atoms with Crippen molar-refractivity contribution in [1.29, 1.82) is 0 Å². The predicted molar refractivity (Wildman–Crippen MR) is 142 cm³/mol. The van der Waals surface area contributed by atoms with Crippen molar-refractivity contribution < 1.29 is 28.2 Å². The van der Waals surface area contributed by atoms with Crippen LogP contribution in [0.25, 0.3) is 0 Å². The quantitative estimate of drug-likeness (QED) is 0.632. The van der Waals surface area contributed by atoms with Crippen LogP contribution in [0.4, 0.5) is 10.1 Å². The van der Waals surface area contributed by atoms with E-state index in [4.69, 9.17) is 9.47 Å². The summed E-state index contributed by atoms with van der Waals surface area (Å²) in [6.07, 6.45) is 2.45. The molecule has 4 rings (SSSR count). The molecular weight excluding hydrogens is 489 g/mol. The van der Waals surface area contributed by atoms with Gasteiger partial charge in [0.1, 0.15) is 18.2 Å². The normalized spacial score (nSPS) is 22.6. The summed E-state index contributed by atoms with van der Waals surface area (Å²) in [5.74, 6) is -0.202. The number of methoxy groups -OCH3 is 1. The highest BCUT2D eigenvalue weighted by atomic mass is 19.1. The van der Waals surface area contributed by atoms with Gasteiger partial charge in [-0.15, -0.1) is 0 Å². The summed E-state index contributed by atoms with van der Waals surface area (Å²) in [4.78, 5) is 42.7. The number of carbonyl (C=O) groups is 3. The molecule has 38 heavy (non-hydrogen) atoms. The Morgan fingerprint density at radius 2 is 1.82 bits per heavy atom. The maximum Gasteiger partial charge on any atom is 0.257 e. The van der Waals surface area contributed by atoms with Gasteiger partial charge in [-0.3, -0.25) is 14.4 Å². The minimum Gasteiger partial charge on any atom is -0.491 e. The molecule has 0 unspecified atom stereocenters. The number of benzene rings is 2. The van der Waals surface area contributed by atoms with Crippen molar-refractivity contribution >= 4 is 23.4 Å². The lowest BCUT2D eigenvalue weighted by molar-refractivity contribution is -0.135. The summed E-state index contributed by atoms with van der Waals surface area (Å²) in [5.41, 5.74) is 1.07. The SMILES string of the molecule is CO[C@@H]1CN(C)C(=O)c2ccc(NC(=O)c3ccc(F)cc3)cc2OC[C@@H](C)N(C(=O)CC2CC2)C[C@H]1C. The van der Waals surface area contributed by atoms with E-state index in [-0.39, 0.29) is 36.5 Å². The molecule has 1 N–H and O–H groups in total. The minimum atomic E-state index is -0.429. The Balaban J connectivity index is 1.61. The second-order valence-electron chi connectivity index (χ2n) is 10.5. The van der Waals surface area contributed by atoms with E-state index in [0.717, 1.165) is 12.8 Å². The van der Waals surface area contributed by atoms with Crippen molar-refractivity contribution in [2.75, 3.05) is 39.2 Å². The number of halogens is 1. The highest BCUT2D eigenvalue weighted by Gasteiger charge is 2.33. The number of ether oxygens (including phenoxy) is 2. The first-order chi connectivity index (χ1) is 18.2. The smallest absolute Gasteiger partial charge is 0.257 e. The zero-order chi connectivity index (χ0) is 27.4. The van der Waals surface area contributed by atoms with Gasteiger partial charge in [0.05, 0.1) is 17.7 Å². The molecule has 204 valence electrons. The lowest BCUT2D eigenvalue weighted by Gasteiger charge is -2.36. The molecule has 3 atom stereocenters. The summed E-state index contributed by atoms with van der Waals surface area (Å²) in [6.45, 7) is 5.00. The summed E-state index contributed by atoms with van der Waals surface area (Å²) in [5, 5.41) is 2.78. The number of rotatable bonds is 5. The van der Waals surface area contributed by atoms with Crippen LogP contribution in [0.15, 0.2) is 42.5 Å². The first kappa shape index (κ1) is 27.6. The molecule has 1 saturated carbocycles. The Bertz CT molecular complexity index is 1170. The van der Waals surface area contributed by atoms with Crippen LogP contribution in [0.1, 0.15) is 53.8 Å². The monoisotopic (exact) mass is 525 g/mol. The van der Waals surface area contributed by atoms with Crippen molar-refractivity contribution in [2.45, 2.75) is 45.3 Å². The summed E-state index contributed by atoms with van der Waals surface area (Å²) in [6, 6.07) is 9.85. The van der Waals surface area contributed by atoms with Gasteiger partial charge >= 0.3 is 0 Å². The second kappa shape index (κ2) is 11.9. The van der Waals surface area contributed by atoms with Crippen molar-refractivity contribution in [2.24, 2.45) is 11.8 Å². The van der Waals surface area contributed by atoms with E-state index in [1.807, 2.05) is 18.7 Å². The number of nitrogens with one attached hydrogen (secondary N) is 1. The number of carbonyl (C=O) groups excluding carboxylic acids is 3. The number of hydrogen-bond acceptors (Lipinski definition) is 5. The van der Waals surface area contributed by atoms with Crippen LogP contribution in [0, 0.1) is 17.7 Å². The average molecular weight is 526 g/mol. The molecule has 0 spiro atoms. The molecular formula is C29H36FN3O5. The Hall–Kier alpha value is -3.46. The van der Waals surface area contributed by atoms with E-state index in [1.165, 1.54) is 24.3 Å². The topological polar surface area (TPSA) is 88.2 Å². The molecule has 3 amide bonds. The van der Waals surface area contributed by atoms with Crippen molar-refractivity contribution in [3.05, 3.63) is 59.4 Å². The number of hydrogen-bond donors (Lipinski definition) is 1. The number of fused-ring (bicyclic) bond motifs is 1. The Labute approximate surface area is 223 Å². The van der Waals surface area contributed by atoms with Crippen molar-refractivity contribution in [3.63, 3.8) is 0 Å². The van der Waals surface area contributed by atoms with Gasteiger partial charge in [0, 0.05) is 56.9 Å². The Morgan fingerprint density at radius 3 is 2.47 bits per heavy atom. The minimum absolute atomic E-state index is 0.00352. The Kier molecular flexibility index (Phi) is 8.66. The number of likely N-dealkylation sites (N-methyl/N-ethyl adjacent to an activating group) is 1. The molecule has 0 aromatic heterocycles. The lowest BCUT2D eigenvalue weighted by atomic mass is 10.0. The molecule has 2 aromatic rings. The fourth-order valence-corrected chi connectivity index (χ4v) is 4.69. The van der Waals surface area contributed by atoms with Gasteiger partial charge in [0.2, 0.25) is 5.91 Å². The molecule has 1 aliphatic heterocycles. The van der Waals surface area contributed by atoms with Crippen LogP contribution in [-0.2, 0) is 9.53 Å². The molecule has 2 aromatic carbocycles. The van der Waals surface area contributed by atoms with E-state index in [9.17, 15) is 18.8 Å². The Morgan fingerprint density at radius 1 is 1.11 bits per heavy atom. The highest BCUT2D eigenvalue weighted by molar-refractivity contribution is 6.05. The van der Waals surface area contributed by atoms with Crippen molar-refractivity contribution in [1.82, 2.24) is 9.80 Å². The fraction of sp³-hybridized carbons (Fsp3) is 0.483. The molecule has 9 heteroatoms. The van der Waals surface area contributed by atoms with Crippen LogP contribution < -0.4 is 10.1 Å². The van der Waals surface area contributed by atoms with Crippen LogP contribution in [0.3, 0.4) is 0 Å². The van der Waals surface area contributed by atoms with Gasteiger partial charge in [-0.1, -0.05) is 6.92 Å². The zero-order valence-corrected chi connectivity index (χ0v) is 22.4.